The van der Waals surface area contributed by atoms with Gasteiger partial charge in [-0.1, -0.05) is 0 Å². The molecule has 0 amide bonds. The van der Waals surface area contributed by atoms with Crippen molar-refractivity contribution in [3.8, 4) is 0 Å². The van der Waals surface area contributed by atoms with Crippen LogP contribution < -0.4 is 5.69 Å². The molecular weight excluding hydrogens is 156 g/mol. The van der Waals surface area contributed by atoms with Gasteiger partial charge in [0, 0.05) is 13.2 Å². The number of rotatable bonds is 0. The van der Waals surface area contributed by atoms with Crippen molar-refractivity contribution in [3.05, 3.63) is 28.6 Å². The first-order chi connectivity index (χ1) is 5.70. The highest BCUT2D eigenvalue weighted by molar-refractivity contribution is 5.35. The molecule has 62 valence electrons. The SMILES string of the molecule is Cc1nnc2ccn(C)c(=O)n12. The molecule has 2 heterocycles. The minimum atomic E-state index is -0.116. The predicted molar refractivity (Wildman–Crippen MR) is 43.0 cm³/mol. The smallest absolute Gasteiger partial charge is 0.303 e. The summed E-state index contributed by atoms with van der Waals surface area (Å²) in [4.78, 5) is 11.5. The number of nitrogens with zero attached hydrogens (tertiary/aromatic N) is 4. The van der Waals surface area contributed by atoms with E-state index in [2.05, 4.69) is 10.2 Å². The van der Waals surface area contributed by atoms with Crippen LogP contribution in [-0.2, 0) is 7.05 Å². The minimum Gasteiger partial charge on any atom is -0.303 e. The van der Waals surface area contributed by atoms with Crippen LogP contribution in [0.5, 0.6) is 0 Å². The highest BCUT2D eigenvalue weighted by Gasteiger charge is 2.03. The average Bonchev–Trinajstić information content (AvgIpc) is 2.41. The Morgan fingerprint density at radius 3 is 2.92 bits per heavy atom. The summed E-state index contributed by atoms with van der Waals surface area (Å²) in [5, 5.41) is 7.62. The summed E-state index contributed by atoms with van der Waals surface area (Å²) in [5.74, 6) is 0.617. The molecule has 0 saturated heterocycles. The molecule has 0 aliphatic heterocycles. The van der Waals surface area contributed by atoms with Crippen molar-refractivity contribution < 1.29 is 0 Å². The van der Waals surface area contributed by atoms with Crippen molar-refractivity contribution in [2.75, 3.05) is 0 Å². The van der Waals surface area contributed by atoms with E-state index in [1.807, 2.05) is 0 Å². The Morgan fingerprint density at radius 2 is 2.17 bits per heavy atom. The molecule has 5 nitrogen and oxygen atoms in total. The van der Waals surface area contributed by atoms with E-state index in [1.54, 1.807) is 26.2 Å². The quantitative estimate of drug-likeness (QED) is 0.539. The normalized spacial score (nSPS) is 10.8. The van der Waals surface area contributed by atoms with E-state index in [4.69, 9.17) is 0 Å². The van der Waals surface area contributed by atoms with Crippen molar-refractivity contribution in [2.24, 2.45) is 7.05 Å². The second-order valence-electron chi connectivity index (χ2n) is 2.65. The molecule has 0 saturated carbocycles. The molecule has 0 aliphatic carbocycles. The Morgan fingerprint density at radius 1 is 1.42 bits per heavy atom. The molecule has 0 fully saturated rings. The summed E-state index contributed by atoms with van der Waals surface area (Å²) in [5.41, 5.74) is 0.477. The van der Waals surface area contributed by atoms with Crippen molar-refractivity contribution in [3.63, 3.8) is 0 Å². The molecule has 0 bridgehead atoms. The van der Waals surface area contributed by atoms with Crippen LogP contribution in [-0.4, -0.2) is 19.2 Å². The standard InChI is InChI=1S/C7H8N4O/c1-5-8-9-6-3-4-10(2)7(12)11(5)6/h3-4H,1-2H3. The zero-order valence-electron chi connectivity index (χ0n) is 6.85. The molecule has 2 rings (SSSR count). The van der Waals surface area contributed by atoms with E-state index in [-0.39, 0.29) is 5.69 Å². The first-order valence-electron chi connectivity index (χ1n) is 3.57. The first kappa shape index (κ1) is 7.02. The van der Waals surface area contributed by atoms with Gasteiger partial charge >= 0.3 is 5.69 Å². The molecule has 0 atom stereocenters. The summed E-state index contributed by atoms with van der Waals surface area (Å²) in [6.45, 7) is 1.75. The highest BCUT2D eigenvalue weighted by Crippen LogP contribution is 1.95. The van der Waals surface area contributed by atoms with Crippen LogP contribution in [0, 0.1) is 6.92 Å². The Bertz CT molecular complexity index is 482. The van der Waals surface area contributed by atoms with Crippen LogP contribution >= 0.6 is 0 Å². The fourth-order valence-electron chi connectivity index (χ4n) is 1.12. The van der Waals surface area contributed by atoms with Crippen LogP contribution in [0.3, 0.4) is 0 Å². The maximum absolute atomic E-state index is 11.5. The minimum absolute atomic E-state index is 0.116. The molecule has 0 spiro atoms. The van der Waals surface area contributed by atoms with E-state index in [1.165, 1.54) is 8.97 Å². The fraction of sp³-hybridized carbons (Fsp3) is 0.286. The second-order valence-corrected chi connectivity index (χ2v) is 2.65. The van der Waals surface area contributed by atoms with Crippen molar-refractivity contribution in [2.45, 2.75) is 6.92 Å². The summed E-state index contributed by atoms with van der Waals surface area (Å²) in [6, 6.07) is 1.75. The lowest BCUT2D eigenvalue weighted by molar-refractivity contribution is 0.776. The van der Waals surface area contributed by atoms with Crippen molar-refractivity contribution in [1.29, 1.82) is 0 Å². The van der Waals surface area contributed by atoms with E-state index >= 15 is 0 Å². The zero-order chi connectivity index (χ0) is 8.72. The Balaban J connectivity index is 3.06. The predicted octanol–water partition coefficient (Wildman–Crippen LogP) is -0.264. The topological polar surface area (TPSA) is 52.2 Å². The Labute approximate surface area is 68.3 Å². The fourth-order valence-corrected chi connectivity index (χ4v) is 1.12. The lowest BCUT2D eigenvalue weighted by Crippen LogP contribution is -2.23. The van der Waals surface area contributed by atoms with Crippen molar-refractivity contribution >= 4 is 5.65 Å². The largest absolute Gasteiger partial charge is 0.335 e. The highest BCUT2D eigenvalue weighted by atomic mass is 16.1. The van der Waals surface area contributed by atoms with Gasteiger partial charge in [0.25, 0.3) is 0 Å². The third-order valence-electron chi connectivity index (χ3n) is 1.79. The molecular formula is C7H8N4O. The van der Waals surface area contributed by atoms with Gasteiger partial charge in [-0.2, -0.15) is 0 Å². The molecule has 0 aliphatic rings. The van der Waals surface area contributed by atoms with Crippen LogP contribution in [0.1, 0.15) is 5.82 Å². The zero-order valence-corrected chi connectivity index (χ0v) is 6.85. The summed E-state index contributed by atoms with van der Waals surface area (Å²) >= 11 is 0. The Kier molecular flexibility index (Phi) is 1.27. The van der Waals surface area contributed by atoms with Crippen LogP contribution in [0.15, 0.2) is 17.1 Å². The van der Waals surface area contributed by atoms with E-state index in [0.717, 1.165) is 0 Å². The molecule has 2 aromatic heterocycles. The van der Waals surface area contributed by atoms with Crippen LogP contribution in [0.2, 0.25) is 0 Å². The monoisotopic (exact) mass is 164 g/mol. The van der Waals surface area contributed by atoms with Gasteiger partial charge in [-0.15, -0.1) is 10.2 Å². The van der Waals surface area contributed by atoms with E-state index in [9.17, 15) is 4.79 Å². The van der Waals surface area contributed by atoms with Gasteiger partial charge in [0.15, 0.2) is 5.65 Å². The summed E-state index contributed by atoms with van der Waals surface area (Å²) in [7, 11) is 1.70. The number of aryl methyl sites for hydroxylation is 2. The van der Waals surface area contributed by atoms with Gasteiger partial charge in [0.05, 0.1) is 0 Å². The van der Waals surface area contributed by atoms with Gasteiger partial charge in [-0.3, -0.25) is 0 Å². The lowest BCUT2D eigenvalue weighted by Gasteiger charge is -1.96. The molecule has 12 heavy (non-hydrogen) atoms. The van der Waals surface area contributed by atoms with Gasteiger partial charge in [0.1, 0.15) is 5.82 Å². The average molecular weight is 164 g/mol. The number of aromatic nitrogens is 4. The number of fused-ring (bicyclic) bond motifs is 1. The Hall–Kier alpha value is -1.65. The van der Waals surface area contributed by atoms with Crippen molar-refractivity contribution in [1.82, 2.24) is 19.2 Å². The first-order valence-corrected chi connectivity index (χ1v) is 3.57. The molecule has 2 aromatic rings. The maximum Gasteiger partial charge on any atom is 0.335 e. The number of hydrogen-bond donors (Lipinski definition) is 0. The summed E-state index contributed by atoms with van der Waals surface area (Å²) in [6.07, 6.45) is 1.67. The van der Waals surface area contributed by atoms with Gasteiger partial charge in [0.2, 0.25) is 0 Å². The van der Waals surface area contributed by atoms with E-state index in [0.29, 0.717) is 11.5 Å². The second kappa shape index (κ2) is 2.17. The van der Waals surface area contributed by atoms with Gasteiger partial charge in [-0.25, -0.2) is 9.20 Å². The van der Waals surface area contributed by atoms with Crippen LogP contribution in [0.4, 0.5) is 0 Å². The van der Waals surface area contributed by atoms with Gasteiger partial charge in [-0.05, 0) is 13.0 Å². The molecule has 0 N–H and O–H groups in total. The van der Waals surface area contributed by atoms with E-state index < -0.39 is 0 Å². The van der Waals surface area contributed by atoms with Gasteiger partial charge < -0.3 is 4.57 Å². The molecule has 5 heteroatoms. The third kappa shape index (κ3) is 0.761. The number of hydrogen-bond acceptors (Lipinski definition) is 3. The van der Waals surface area contributed by atoms with Crippen LogP contribution in [0.25, 0.3) is 5.65 Å². The third-order valence-corrected chi connectivity index (χ3v) is 1.79. The molecule has 0 aromatic carbocycles. The summed E-state index contributed by atoms with van der Waals surface area (Å²) < 4.78 is 2.96. The molecule has 0 radical (unpaired) electrons. The maximum atomic E-state index is 11.5. The molecule has 0 unspecified atom stereocenters. The lowest BCUT2D eigenvalue weighted by atomic mass is 10.6.